The molecule has 0 amide bonds. The Labute approximate surface area is 112 Å². The van der Waals surface area contributed by atoms with Gasteiger partial charge in [-0.15, -0.1) is 0 Å². The fraction of sp³-hybridized carbons (Fsp3) is 1.00. The van der Waals surface area contributed by atoms with E-state index in [0.717, 1.165) is 44.5 Å². The molecule has 3 unspecified atom stereocenters. The Morgan fingerprint density at radius 3 is 2.50 bits per heavy atom. The molecular formula is C15H30N2O. The topological polar surface area (TPSA) is 38.5 Å². The summed E-state index contributed by atoms with van der Waals surface area (Å²) >= 11 is 0. The van der Waals surface area contributed by atoms with E-state index >= 15 is 0 Å². The first-order valence-electron chi connectivity index (χ1n) is 7.62. The van der Waals surface area contributed by atoms with Gasteiger partial charge >= 0.3 is 0 Å². The van der Waals surface area contributed by atoms with E-state index in [4.69, 9.17) is 10.5 Å². The largest absolute Gasteiger partial charge is 0.377 e. The van der Waals surface area contributed by atoms with Crippen LogP contribution in [0.5, 0.6) is 0 Å². The van der Waals surface area contributed by atoms with Gasteiger partial charge < -0.3 is 10.5 Å². The summed E-state index contributed by atoms with van der Waals surface area (Å²) in [4.78, 5) is 2.65. The average Bonchev–Trinajstić information content (AvgIpc) is 2.52. The minimum atomic E-state index is 0.235. The van der Waals surface area contributed by atoms with Gasteiger partial charge in [0.1, 0.15) is 0 Å². The summed E-state index contributed by atoms with van der Waals surface area (Å²) in [6, 6.07) is 0. The molecule has 2 aliphatic rings. The molecule has 0 radical (unpaired) electrons. The summed E-state index contributed by atoms with van der Waals surface area (Å²) in [6.07, 6.45) is 5.39. The number of rotatable bonds is 2. The van der Waals surface area contributed by atoms with Crippen molar-refractivity contribution >= 4 is 0 Å². The lowest BCUT2D eigenvalue weighted by atomic mass is 9.70. The molecule has 0 aromatic carbocycles. The van der Waals surface area contributed by atoms with Crippen LogP contribution in [0.4, 0.5) is 0 Å². The maximum atomic E-state index is 6.21. The Balaban J connectivity index is 2.14. The molecule has 2 N–H and O–H groups in total. The highest BCUT2D eigenvalue weighted by molar-refractivity contribution is 4.98. The van der Waals surface area contributed by atoms with E-state index in [1.165, 1.54) is 19.3 Å². The molecule has 0 aromatic heterocycles. The van der Waals surface area contributed by atoms with Crippen LogP contribution in [-0.4, -0.2) is 42.8 Å². The van der Waals surface area contributed by atoms with Crippen LogP contribution in [-0.2, 0) is 4.74 Å². The Morgan fingerprint density at radius 1 is 1.22 bits per heavy atom. The van der Waals surface area contributed by atoms with Gasteiger partial charge in [-0.25, -0.2) is 0 Å². The third kappa shape index (κ3) is 3.06. The van der Waals surface area contributed by atoms with E-state index in [9.17, 15) is 0 Å². The van der Waals surface area contributed by atoms with Crippen molar-refractivity contribution < 1.29 is 4.74 Å². The van der Waals surface area contributed by atoms with Crippen LogP contribution in [0.2, 0.25) is 0 Å². The van der Waals surface area contributed by atoms with E-state index in [1.807, 2.05) is 0 Å². The maximum absolute atomic E-state index is 6.21. The molecule has 3 atom stereocenters. The number of nitrogens with two attached hydrogens (primary N) is 1. The quantitative estimate of drug-likeness (QED) is 0.821. The van der Waals surface area contributed by atoms with Crippen molar-refractivity contribution in [1.29, 1.82) is 0 Å². The van der Waals surface area contributed by atoms with Gasteiger partial charge in [-0.3, -0.25) is 4.90 Å². The minimum absolute atomic E-state index is 0.235. The SMILES string of the molecule is CC1CC(C)CC(CN)(N2CCCOC(C)C2)C1. The molecule has 3 heteroatoms. The summed E-state index contributed by atoms with van der Waals surface area (Å²) < 4.78 is 5.78. The fourth-order valence-electron chi connectivity index (χ4n) is 4.21. The lowest BCUT2D eigenvalue weighted by Gasteiger charge is -2.50. The highest BCUT2D eigenvalue weighted by Crippen LogP contribution is 2.39. The van der Waals surface area contributed by atoms with Crippen LogP contribution >= 0.6 is 0 Å². The molecule has 0 aromatic rings. The van der Waals surface area contributed by atoms with Crippen molar-refractivity contribution in [2.45, 2.75) is 58.1 Å². The molecule has 1 aliphatic heterocycles. The summed E-state index contributed by atoms with van der Waals surface area (Å²) in [5.74, 6) is 1.61. The van der Waals surface area contributed by atoms with Gasteiger partial charge in [0, 0.05) is 31.8 Å². The van der Waals surface area contributed by atoms with Gasteiger partial charge in [-0.2, -0.15) is 0 Å². The second-order valence-corrected chi connectivity index (χ2v) is 6.76. The van der Waals surface area contributed by atoms with E-state index in [0.29, 0.717) is 6.10 Å². The lowest BCUT2D eigenvalue weighted by molar-refractivity contribution is -0.00120. The second-order valence-electron chi connectivity index (χ2n) is 6.76. The van der Waals surface area contributed by atoms with Gasteiger partial charge in [-0.1, -0.05) is 13.8 Å². The van der Waals surface area contributed by atoms with Crippen molar-refractivity contribution in [1.82, 2.24) is 4.90 Å². The highest BCUT2D eigenvalue weighted by atomic mass is 16.5. The normalized spacial score (nSPS) is 43.7. The molecular weight excluding hydrogens is 224 g/mol. The summed E-state index contributed by atoms with van der Waals surface area (Å²) in [5.41, 5.74) is 6.44. The number of hydrogen-bond donors (Lipinski definition) is 1. The smallest absolute Gasteiger partial charge is 0.0674 e. The predicted molar refractivity (Wildman–Crippen MR) is 75.6 cm³/mol. The third-order valence-electron chi connectivity index (χ3n) is 4.76. The molecule has 0 spiro atoms. The number of hydrogen-bond acceptors (Lipinski definition) is 3. The first kappa shape index (κ1) is 14.3. The maximum Gasteiger partial charge on any atom is 0.0674 e. The zero-order valence-electron chi connectivity index (χ0n) is 12.3. The van der Waals surface area contributed by atoms with Gasteiger partial charge in [-0.05, 0) is 44.4 Å². The van der Waals surface area contributed by atoms with Gasteiger partial charge in [0.25, 0.3) is 0 Å². The molecule has 18 heavy (non-hydrogen) atoms. The summed E-state index contributed by atoms with van der Waals surface area (Å²) in [5, 5.41) is 0. The van der Waals surface area contributed by atoms with Gasteiger partial charge in [0.05, 0.1) is 6.10 Å². The molecule has 1 heterocycles. The second kappa shape index (κ2) is 5.89. The Morgan fingerprint density at radius 2 is 1.89 bits per heavy atom. The summed E-state index contributed by atoms with van der Waals surface area (Å²) in [7, 11) is 0. The molecule has 2 fully saturated rings. The van der Waals surface area contributed by atoms with E-state index in [2.05, 4.69) is 25.7 Å². The highest BCUT2D eigenvalue weighted by Gasteiger charge is 2.42. The predicted octanol–water partition coefficient (Wildman–Crippen LogP) is 2.25. The minimum Gasteiger partial charge on any atom is -0.377 e. The van der Waals surface area contributed by atoms with Gasteiger partial charge in [0.15, 0.2) is 0 Å². The summed E-state index contributed by atoms with van der Waals surface area (Å²) in [6.45, 7) is 10.9. The zero-order chi connectivity index (χ0) is 13.2. The number of ether oxygens (including phenoxy) is 1. The zero-order valence-corrected chi connectivity index (χ0v) is 12.3. The molecule has 3 nitrogen and oxygen atoms in total. The molecule has 1 saturated heterocycles. The van der Waals surface area contributed by atoms with Crippen molar-refractivity contribution in [3.8, 4) is 0 Å². The van der Waals surface area contributed by atoms with Crippen LogP contribution in [0.25, 0.3) is 0 Å². The van der Waals surface area contributed by atoms with Crippen LogP contribution in [0.3, 0.4) is 0 Å². The van der Waals surface area contributed by atoms with Gasteiger partial charge in [0.2, 0.25) is 0 Å². The van der Waals surface area contributed by atoms with Crippen LogP contribution in [0, 0.1) is 11.8 Å². The Hall–Kier alpha value is -0.120. The van der Waals surface area contributed by atoms with Crippen molar-refractivity contribution in [3.05, 3.63) is 0 Å². The standard InChI is InChI=1S/C15H30N2O/c1-12-7-13(2)9-15(8-12,11-16)17-5-4-6-18-14(3)10-17/h12-14H,4-11,16H2,1-3H3. The van der Waals surface area contributed by atoms with Crippen molar-refractivity contribution in [3.63, 3.8) is 0 Å². The van der Waals surface area contributed by atoms with Crippen molar-refractivity contribution in [2.24, 2.45) is 17.6 Å². The van der Waals surface area contributed by atoms with Crippen LogP contribution in [0.15, 0.2) is 0 Å². The van der Waals surface area contributed by atoms with E-state index in [-0.39, 0.29) is 5.54 Å². The first-order valence-corrected chi connectivity index (χ1v) is 7.62. The molecule has 0 bridgehead atoms. The van der Waals surface area contributed by atoms with E-state index < -0.39 is 0 Å². The third-order valence-corrected chi connectivity index (χ3v) is 4.76. The van der Waals surface area contributed by atoms with Crippen LogP contribution < -0.4 is 5.73 Å². The Kier molecular flexibility index (Phi) is 4.68. The first-order chi connectivity index (χ1) is 8.55. The molecule has 1 saturated carbocycles. The number of nitrogens with zero attached hydrogens (tertiary/aromatic N) is 1. The molecule has 2 rings (SSSR count). The fourth-order valence-corrected chi connectivity index (χ4v) is 4.21. The van der Waals surface area contributed by atoms with Crippen LogP contribution in [0.1, 0.15) is 46.5 Å². The monoisotopic (exact) mass is 254 g/mol. The average molecular weight is 254 g/mol. The van der Waals surface area contributed by atoms with Crippen molar-refractivity contribution in [2.75, 3.05) is 26.2 Å². The Bertz CT molecular complexity index is 259. The molecule has 106 valence electrons. The lowest BCUT2D eigenvalue weighted by Crippen LogP contribution is -2.58. The van der Waals surface area contributed by atoms with E-state index in [1.54, 1.807) is 0 Å². The molecule has 1 aliphatic carbocycles.